The van der Waals surface area contributed by atoms with E-state index in [1.807, 2.05) is 48.0 Å². The molecular weight excluding hydrogens is 348 g/mol. The minimum Gasteiger partial charge on any atom is -0.261 e. The number of rotatable bonds is 4. The molecule has 1 aliphatic rings. The van der Waals surface area contributed by atoms with Gasteiger partial charge in [-0.3, -0.25) is 5.43 Å². The Morgan fingerprint density at radius 2 is 1.92 bits per heavy atom. The summed E-state index contributed by atoms with van der Waals surface area (Å²) in [6.45, 7) is 1.97. The molecule has 0 unspecified atom stereocenters. The second kappa shape index (κ2) is 7.09. The Kier molecular flexibility index (Phi) is 4.50. The zero-order chi connectivity index (χ0) is 17.9. The predicted octanol–water partition coefficient (Wildman–Crippen LogP) is 3.96. The Balaban J connectivity index is 1.64. The van der Waals surface area contributed by atoms with Gasteiger partial charge in [-0.1, -0.05) is 23.7 Å². The summed E-state index contributed by atoms with van der Waals surface area (Å²) >= 11 is 6.67. The van der Waals surface area contributed by atoms with Gasteiger partial charge in [-0.15, -0.1) is 0 Å². The fraction of sp³-hybridized carbons (Fsp3) is 0.158. The summed E-state index contributed by atoms with van der Waals surface area (Å²) in [7, 11) is 0. The van der Waals surface area contributed by atoms with Crippen molar-refractivity contribution < 1.29 is 0 Å². The highest BCUT2D eigenvalue weighted by Crippen LogP contribution is 2.36. The van der Waals surface area contributed by atoms with Crippen molar-refractivity contribution >= 4 is 28.7 Å². The van der Waals surface area contributed by atoms with Crippen LogP contribution in [0.4, 0.5) is 5.82 Å². The minimum absolute atomic E-state index is 0.691. The summed E-state index contributed by atoms with van der Waals surface area (Å²) in [6, 6.07) is 11.4. The van der Waals surface area contributed by atoms with Gasteiger partial charge in [0.2, 0.25) is 0 Å². The number of nitrogens with one attached hydrogen (secondary N) is 1. The summed E-state index contributed by atoms with van der Waals surface area (Å²) < 4.78 is 1.88. The molecule has 0 radical (unpaired) electrons. The summed E-state index contributed by atoms with van der Waals surface area (Å²) in [5.74, 6) is 1.49. The topological polar surface area (TPSA) is 68.0 Å². The number of pyridine rings is 2. The Bertz CT molecular complexity index is 976. The first-order chi connectivity index (χ1) is 12.7. The highest BCUT2D eigenvalue weighted by atomic mass is 35.5. The maximum atomic E-state index is 6.67. The summed E-state index contributed by atoms with van der Waals surface area (Å²) in [5.41, 5.74) is 6.84. The first-order valence-electron chi connectivity index (χ1n) is 8.33. The lowest BCUT2D eigenvalue weighted by molar-refractivity contribution is 0.760. The maximum Gasteiger partial charge on any atom is 0.153 e. The normalized spacial score (nSPS) is 13.9. The number of fused-ring (bicyclic) bond motifs is 1. The number of hydrogen-bond donors (Lipinski definition) is 1. The van der Waals surface area contributed by atoms with Gasteiger partial charge in [0.15, 0.2) is 5.82 Å². The third-order valence-corrected chi connectivity index (χ3v) is 4.65. The van der Waals surface area contributed by atoms with Crippen LogP contribution in [-0.4, -0.2) is 26.0 Å². The molecule has 1 N–H and O–H groups in total. The highest BCUT2D eigenvalue weighted by molar-refractivity contribution is 6.51. The molecule has 0 atom stereocenters. The van der Waals surface area contributed by atoms with E-state index in [-0.39, 0.29) is 0 Å². The molecule has 0 amide bonds. The smallest absolute Gasteiger partial charge is 0.153 e. The monoisotopic (exact) mass is 364 g/mol. The van der Waals surface area contributed by atoms with Gasteiger partial charge in [-0.25, -0.2) is 14.6 Å². The highest BCUT2D eigenvalue weighted by Gasteiger charge is 2.25. The van der Waals surface area contributed by atoms with E-state index in [0.29, 0.717) is 10.9 Å². The predicted molar refractivity (Wildman–Crippen MR) is 104 cm³/mol. The molecule has 130 valence electrons. The number of halogens is 1. The van der Waals surface area contributed by atoms with E-state index in [1.165, 1.54) is 0 Å². The Morgan fingerprint density at radius 1 is 1.12 bits per heavy atom. The van der Waals surface area contributed by atoms with E-state index < -0.39 is 0 Å². The lowest BCUT2D eigenvalue weighted by Gasteiger charge is -2.16. The van der Waals surface area contributed by atoms with E-state index >= 15 is 0 Å². The van der Waals surface area contributed by atoms with Gasteiger partial charge in [0.1, 0.15) is 5.82 Å². The van der Waals surface area contributed by atoms with Crippen LogP contribution >= 0.6 is 11.6 Å². The molecule has 26 heavy (non-hydrogen) atoms. The molecule has 0 fully saturated rings. The zero-order valence-corrected chi connectivity index (χ0v) is 15.0. The van der Waals surface area contributed by atoms with Crippen LogP contribution in [0, 0.1) is 6.92 Å². The van der Waals surface area contributed by atoms with Crippen LogP contribution in [0.5, 0.6) is 0 Å². The van der Waals surface area contributed by atoms with Crippen LogP contribution in [0.2, 0.25) is 0 Å². The quantitative estimate of drug-likeness (QED) is 0.562. The average Bonchev–Trinajstić information content (AvgIpc) is 3.02. The van der Waals surface area contributed by atoms with Crippen molar-refractivity contribution in [3.63, 3.8) is 0 Å². The number of nitrogens with zero attached hydrogens (tertiary/aromatic N) is 5. The van der Waals surface area contributed by atoms with Crippen molar-refractivity contribution in [1.82, 2.24) is 19.7 Å². The second-order valence-corrected chi connectivity index (χ2v) is 6.31. The van der Waals surface area contributed by atoms with Crippen molar-refractivity contribution in [2.24, 2.45) is 5.10 Å². The third kappa shape index (κ3) is 3.11. The molecule has 0 bridgehead atoms. The van der Waals surface area contributed by atoms with Crippen molar-refractivity contribution in [1.29, 1.82) is 0 Å². The van der Waals surface area contributed by atoms with Crippen LogP contribution in [0.3, 0.4) is 0 Å². The molecule has 6 nitrogen and oxygen atoms in total. The Hall–Kier alpha value is -2.99. The molecule has 0 aromatic carbocycles. The van der Waals surface area contributed by atoms with E-state index in [0.717, 1.165) is 41.2 Å². The fourth-order valence-electron chi connectivity index (χ4n) is 3.01. The van der Waals surface area contributed by atoms with Gasteiger partial charge in [0.25, 0.3) is 0 Å². The first-order valence-corrected chi connectivity index (χ1v) is 8.71. The van der Waals surface area contributed by atoms with Crippen LogP contribution in [0.15, 0.2) is 59.5 Å². The van der Waals surface area contributed by atoms with Gasteiger partial charge < -0.3 is 0 Å². The average molecular weight is 365 g/mol. The molecule has 4 rings (SSSR count). The number of allylic oxidation sites excluding steroid dienone is 1. The Labute approximate surface area is 156 Å². The number of hydrazone groups is 1. The summed E-state index contributed by atoms with van der Waals surface area (Å²) in [6.07, 6.45) is 6.86. The van der Waals surface area contributed by atoms with E-state index in [9.17, 15) is 0 Å². The lowest BCUT2D eigenvalue weighted by Crippen LogP contribution is -2.09. The first kappa shape index (κ1) is 16.5. The van der Waals surface area contributed by atoms with Gasteiger partial charge in [-0.2, -0.15) is 10.2 Å². The maximum absolute atomic E-state index is 6.67. The van der Waals surface area contributed by atoms with Crippen LogP contribution < -0.4 is 5.43 Å². The largest absolute Gasteiger partial charge is 0.261 e. The lowest BCUT2D eigenvalue weighted by atomic mass is 9.96. The SMILES string of the molecule is Cc1nn(-c2ccccn2)c2c1C(Cl)=C(/C=N/Nc1ccccn1)CC2. The molecule has 0 saturated carbocycles. The number of anilines is 1. The molecular formula is C19H17ClN6. The van der Waals surface area contributed by atoms with Crippen LogP contribution in [-0.2, 0) is 6.42 Å². The molecule has 0 spiro atoms. The van der Waals surface area contributed by atoms with Crippen molar-refractivity contribution in [2.45, 2.75) is 19.8 Å². The molecule has 0 aliphatic heterocycles. The van der Waals surface area contributed by atoms with Gasteiger partial charge in [-0.05, 0) is 49.6 Å². The molecule has 0 saturated heterocycles. The molecule has 3 heterocycles. The summed E-state index contributed by atoms with van der Waals surface area (Å²) in [4.78, 5) is 8.57. The molecule has 1 aliphatic carbocycles. The standard InChI is InChI=1S/C19H17ClN6/c1-13-18-15(26(25-13)17-7-3-5-11-22-17)9-8-14(19(18)20)12-23-24-16-6-2-4-10-21-16/h2-7,10-12H,8-9H2,1H3,(H,21,24)/b23-12+. The number of hydrogen-bond acceptors (Lipinski definition) is 5. The number of aromatic nitrogens is 4. The van der Waals surface area contributed by atoms with E-state index in [4.69, 9.17) is 11.6 Å². The van der Waals surface area contributed by atoms with Crippen molar-refractivity contribution in [3.8, 4) is 5.82 Å². The molecule has 3 aromatic rings. The zero-order valence-electron chi connectivity index (χ0n) is 14.2. The molecule has 3 aromatic heterocycles. The van der Waals surface area contributed by atoms with Gasteiger partial charge >= 0.3 is 0 Å². The second-order valence-electron chi connectivity index (χ2n) is 5.93. The third-order valence-electron chi connectivity index (χ3n) is 4.22. The molecule has 7 heteroatoms. The van der Waals surface area contributed by atoms with Crippen molar-refractivity contribution in [2.75, 3.05) is 5.43 Å². The minimum atomic E-state index is 0.691. The van der Waals surface area contributed by atoms with Gasteiger partial charge in [0.05, 0.1) is 22.6 Å². The van der Waals surface area contributed by atoms with Crippen LogP contribution in [0.1, 0.15) is 23.4 Å². The number of aryl methyl sites for hydroxylation is 1. The van der Waals surface area contributed by atoms with Gasteiger partial charge in [0, 0.05) is 18.0 Å². The Morgan fingerprint density at radius 3 is 2.65 bits per heavy atom. The van der Waals surface area contributed by atoms with Crippen molar-refractivity contribution in [3.05, 3.63) is 71.3 Å². The van der Waals surface area contributed by atoms with Crippen LogP contribution in [0.25, 0.3) is 10.9 Å². The fourth-order valence-corrected chi connectivity index (χ4v) is 3.40. The van der Waals surface area contributed by atoms with E-state index in [2.05, 4.69) is 25.6 Å². The summed E-state index contributed by atoms with van der Waals surface area (Å²) in [5, 5.41) is 9.60. The van der Waals surface area contributed by atoms with E-state index in [1.54, 1.807) is 18.6 Å².